The summed E-state index contributed by atoms with van der Waals surface area (Å²) in [6.45, 7) is 1.45. The molecule has 26 heavy (non-hydrogen) atoms. The van der Waals surface area contributed by atoms with Gasteiger partial charge in [-0.3, -0.25) is 4.79 Å². The highest BCUT2D eigenvalue weighted by Gasteiger charge is 2.23. The highest BCUT2D eigenvalue weighted by Crippen LogP contribution is 2.17. The van der Waals surface area contributed by atoms with Crippen molar-refractivity contribution in [3.05, 3.63) is 64.7 Å². The zero-order valence-corrected chi connectivity index (χ0v) is 16.0. The van der Waals surface area contributed by atoms with E-state index in [1.807, 2.05) is 0 Å². The number of benzene rings is 2. The Morgan fingerprint density at radius 3 is 2.23 bits per heavy atom. The van der Waals surface area contributed by atoms with Gasteiger partial charge in [-0.05, 0) is 49.4 Å². The third-order valence-electron chi connectivity index (χ3n) is 3.63. The van der Waals surface area contributed by atoms with Crippen molar-refractivity contribution in [3.8, 4) is 0 Å². The summed E-state index contributed by atoms with van der Waals surface area (Å²) in [5.41, 5.74) is 0.405. The molecule has 6 nitrogen and oxygen atoms in total. The van der Waals surface area contributed by atoms with Crippen LogP contribution >= 0.6 is 11.6 Å². The topological polar surface area (TPSA) is 80.8 Å². The number of ether oxygens (including phenoxy) is 1. The predicted octanol–water partition coefficient (Wildman–Crippen LogP) is 3.02. The molecular weight excluding hydrogens is 378 g/mol. The molecular formula is C18H18ClNO5S. The van der Waals surface area contributed by atoms with E-state index in [1.54, 1.807) is 24.3 Å². The Labute approximate surface area is 157 Å². The lowest BCUT2D eigenvalue weighted by atomic mass is 10.1. The van der Waals surface area contributed by atoms with Crippen LogP contribution in [0.5, 0.6) is 0 Å². The smallest absolute Gasteiger partial charge is 0.338 e. The predicted molar refractivity (Wildman–Crippen MR) is 98.0 cm³/mol. The van der Waals surface area contributed by atoms with Gasteiger partial charge in [-0.15, -0.1) is 0 Å². The van der Waals surface area contributed by atoms with Gasteiger partial charge in [0.2, 0.25) is 15.8 Å². The Bertz CT molecular complexity index is 923. The van der Waals surface area contributed by atoms with E-state index < -0.39 is 22.1 Å². The van der Waals surface area contributed by atoms with Crippen molar-refractivity contribution in [2.75, 3.05) is 14.1 Å². The van der Waals surface area contributed by atoms with Crippen LogP contribution < -0.4 is 0 Å². The summed E-state index contributed by atoms with van der Waals surface area (Å²) in [7, 11) is -0.887. The van der Waals surface area contributed by atoms with Gasteiger partial charge in [0.25, 0.3) is 0 Å². The number of carbonyl (C=O) groups excluding carboxylic acids is 2. The minimum Gasteiger partial charge on any atom is -0.451 e. The zero-order chi connectivity index (χ0) is 19.5. The second kappa shape index (κ2) is 7.99. The van der Waals surface area contributed by atoms with Gasteiger partial charge in [-0.2, -0.15) is 0 Å². The molecule has 0 radical (unpaired) electrons. The first-order valence-corrected chi connectivity index (χ1v) is 9.48. The molecule has 2 aromatic rings. The van der Waals surface area contributed by atoms with Gasteiger partial charge < -0.3 is 4.74 Å². The molecule has 0 aliphatic rings. The third kappa shape index (κ3) is 4.49. The van der Waals surface area contributed by atoms with Crippen LogP contribution in [-0.4, -0.2) is 44.7 Å². The van der Waals surface area contributed by atoms with Gasteiger partial charge in [0.05, 0.1) is 10.5 Å². The van der Waals surface area contributed by atoms with E-state index in [1.165, 1.54) is 45.3 Å². The lowest BCUT2D eigenvalue weighted by Gasteiger charge is -2.14. The molecule has 8 heteroatoms. The second-order valence-corrected chi connectivity index (χ2v) is 8.32. The molecule has 0 saturated carbocycles. The average molecular weight is 396 g/mol. The first kappa shape index (κ1) is 20.1. The summed E-state index contributed by atoms with van der Waals surface area (Å²) in [5.74, 6) is -1.16. The maximum atomic E-state index is 12.3. The SMILES string of the molecule is C[C@@H](OC(=O)c1cccc(S(=O)(=O)N(C)C)c1)C(=O)c1ccc(Cl)cc1. The van der Waals surface area contributed by atoms with Crippen LogP contribution in [0.3, 0.4) is 0 Å². The highest BCUT2D eigenvalue weighted by molar-refractivity contribution is 7.89. The zero-order valence-electron chi connectivity index (χ0n) is 14.5. The maximum Gasteiger partial charge on any atom is 0.338 e. The molecule has 1 atom stereocenters. The van der Waals surface area contributed by atoms with E-state index in [4.69, 9.17) is 16.3 Å². The summed E-state index contributed by atoms with van der Waals surface area (Å²) in [6.07, 6.45) is -1.03. The van der Waals surface area contributed by atoms with E-state index in [9.17, 15) is 18.0 Å². The molecule has 0 aliphatic heterocycles. The van der Waals surface area contributed by atoms with Crippen LogP contribution in [0.25, 0.3) is 0 Å². The maximum absolute atomic E-state index is 12.3. The van der Waals surface area contributed by atoms with Gasteiger partial charge >= 0.3 is 5.97 Å². The van der Waals surface area contributed by atoms with Gasteiger partial charge in [-0.1, -0.05) is 17.7 Å². The van der Waals surface area contributed by atoms with E-state index in [0.29, 0.717) is 10.6 Å². The fraction of sp³-hybridized carbons (Fsp3) is 0.222. The lowest BCUT2D eigenvalue weighted by Crippen LogP contribution is -2.25. The summed E-state index contributed by atoms with van der Waals surface area (Å²) < 4.78 is 30.5. The van der Waals surface area contributed by atoms with Crippen molar-refractivity contribution in [2.45, 2.75) is 17.9 Å². The average Bonchev–Trinajstić information content (AvgIpc) is 2.61. The standard InChI is InChI=1S/C18H18ClNO5S/c1-12(17(21)13-7-9-15(19)10-8-13)25-18(22)14-5-4-6-16(11-14)26(23,24)20(2)3/h4-12H,1-3H3/t12-/m1/s1. The largest absolute Gasteiger partial charge is 0.451 e. The molecule has 0 N–H and O–H groups in total. The number of halogens is 1. The quantitative estimate of drug-likeness (QED) is 0.554. The Morgan fingerprint density at radius 1 is 1.04 bits per heavy atom. The molecule has 0 aliphatic carbocycles. The molecule has 0 fully saturated rings. The van der Waals surface area contributed by atoms with Crippen LogP contribution in [0.15, 0.2) is 53.4 Å². The van der Waals surface area contributed by atoms with Crippen molar-refractivity contribution in [3.63, 3.8) is 0 Å². The van der Waals surface area contributed by atoms with E-state index in [-0.39, 0.29) is 16.2 Å². The minimum absolute atomic E-state index is 0.0337. The van der Waals surface area contributed by atoms with Crippen LogP contribution in [-0.2, 0) is 14.8 Å². The molecule has 0 heterocycles. The third-order valence-corrected chi connectivity index (χ3v) is 5.69. The monoisotopic (exact) mass is 395 g/mol. The van der Waals surface area contributed by atoms with Gasteiger partial charge in [0, 0.05) is 24.7 Å². The van der Waals surface area contributed by atoms with E-state index in [0.717, 1.165) is 4.31 Å². The Balaban J connectivity index is 2.17. The normalized spacial score (nSPS) is 12.7. The number of rotatable bonds is 6. The fourth-order valence-corrected chi connectivity index (χ4v) is 3.20. The first-order chi connectivity index (χ1) is 12.1. The summed E-state index contributed by atoms with van der Waals surface area (Å²) in [5, 5.41) is 0.491. The first-order valence-electron chi connectivity index (χ1n) is 7.66. The fourth-order valence-electron chi connectivity index (χ4n) is 2.13. The summed E-state index contributed by atoms with van der Waals surface area (Å²) in [6, 6.07) is 11.7. The molecule has 138 valence electrons. The van der Waals surface area contributed by atoms with Crippen molar-refractivity contribution in [1.82, 2.24) is 4.31 Å². The van der Waals surface area contributed by atoms with Crippen LogP contribution in [0.4, 0.5) is 0 Å². The Morgan fingerprint density at radius 2 is 1.65 bits per heavy atom. The summed E-state index contributed by atoms with van der Waals surface area (Å²) >= 11 is 5.78. The molecule has 0 spiro atoms. The molecule has 0 saturated heterocycles. The molecule has 0 aromatic heterocycles. The number of hydrogen-bond donors (Lipinski definition) is 0. The number of carbonyl (C=O) groups is 2. The minimum atomic E-state index is -3.68. The molecule has 0 bridgehead atoms. The summed E-state index contributed by atoms with van der Waals surface area (Å²) in [4.78, 5) is 24.6. The van der Waals surface area contributed by atoms with Crippen molar-refractivity contribution in [2.24, 2.45) is 0 Å². The number of nitrogens with zero attached hydrogens (tertiary/aromatic N) is 1. The van der Waals surface area contributed by atoms with Crippen molar-refractivity contribution >= 4 is 33.4 Å². The molecule has 0 unspecified atom stereocenters. The number of hydrogen-bond acceptors (Lipinski definition) is 5. The lowest BCUT2D eigenvalue weighted by molar-refractivity contribution is 0.0318. The highest BCUT2D eigenvalue weighted by atomic mass is 35.5. The number of ketones is 1. The van der Waals surface area contributed by atoms with E-state index >= 15 is 0 Å². The van der Waals surface area contributed by atoms with Gasteiger partial charge in [0.1, 0.15) is 0 Å². The molecule has 2 aromatic carbocycles. The van der Waals surface area contributed by atoms with Crippen LogP contribution in [0, 0.1) is 0 Å². The van der Waals surface area contributed by atoms with Crippen molar-refractivity contribution in [1.29, 1.82) is 0 Å². The molecule has 0 amide bonds. The Kier molecular flexibility index (Phi) is 6.17. The van der Waals surface area contributed by atoms with Crippen LogP contribution in [0.1, 0.15) is 27.6 Å². The second-order valence-electron chi connectivity index (χ2n) is 5.73. The molecule has 2 rings (SSSR count). The van der Waals surface area contributed by atoms with Crippen molar-refractivity contribution < 1.29 is 22.7 Å². The van der Waals surface area contributed by atoms with Gasteiger partial charge in [-0.25, -0.2) is 17.5 Å². The number of sulfonamides is 1. The van der Waals surface area contributed by atoms with Crippen LogP contribution in [0.2, 0.25) is 5.02 Å². The van der Waals surface area contributed by atoms with E-state index in [2.05, 4.69) is 0 Å². The number of Topliss-reactive ketones (excluding diaryl/α,β-unsaturated/α-hetero) is 1. The van der Waals surface area contributed by atoms with Gasteiger partial charge in [0.15, 0.2) is 6.10 Å². The number of esters is 1. The Hall–Kier alpha value is -2.22.